The third-order valence-electron chi connectivity index (χ3n) is 0. The standard InChI is InChI=1S/Al.Mg.H2O.H4Si.Ti.4H/h;;1H2;1H4;;;;;/q;+1;;;;;;;/p-1. The summed E-state index contributed by atoms with van der Waals surface area (Å²) in [4.78, 5) is 0. The van der Waals surface area contributed by atoms with E-state index in [4.69, 9.17) is 0 Å². The fraction of sp³-hybridized carbons (Fsp3) is 0. The molecule has 0 atom stereocenters. The van der Waals surface area contributed by atoms with Crippen LogP contribution in [0.5, 0.6) is 0 Å². The maximum absolute atomic E-state index is 0. The van der Waals surface area contributed by atoms with Crippen molar-refractivity contribution in [1.29, 1.82) is 0 Å². The summed E-state index contributed by atoms with van der Waals surface area (Å²) < 4.78 is 0. The number of hydrogen-bond donors (Lipinski definition) is 0. The summed E-state index contributed by atoms with van der Waals surface area (Å²) in [6.07, 6.45) is 0. The van der Waals surface area contributed by atoms with Crippen LogP contribution in [-0.2, 0) is 21.7 Å². The zero-order valence-electron chi connectivity index (χ0n) is 1.95. The van der Waals surface area contributed by atoms with Crippen LogP contribution in [0.25, 0.3) is 0 Å². The van der Waals surface area contributed by atoms with Crippen molar-refractivity contribution >= 4 is 51.4 Å². The Morgan fingerprint density at radius 2 is 1.00 bits per heavy atom. The Balaban J connectivity index is 0. The van der Waals surface area contributed by atoms with Crippen molar-refractivity contribution in [3.63, 3.8) is 0 Å². The van der Waals surface area contributed by atoms with Crippen LogP contribution in [0.4, 0.5) is 0 Å². The molecule has 0 saturated carbocycles. The van der Waals surface area contributed by atoms with E-state index in [9.17, 15) is 0 Å². The molecule has 0 aliphatic carbocycles. The maximum Gasteiger partial charge on any atom is 0 e. The average Bonchev–Trinajstić information content (AvgIpc) is 0. The van der Waals surface area contributed by atoms with Gasteiger partial charge in [-0.1, -0.05) is 0 Å². The molecule has 0 fully saturated rings. The monoisotopic (exact) mass is 152 g/mol. The molecule has 5 heavy (non-hydrogen) atoms. The SMILES string of the molecule is [AlH3].[MgH+].[OH-].[SiH4].[Ti]. The van der Waals surface area contributed by atoms with Crippen molar-refractivity contribution in [2.45, 2.75) is 0 Å². The Bertz CT molecular complexity index is 11.6. The zero-order chi connectivity index (χ0) is 0. The third-order valence-corrected chi connectivity index (χ3v) is 0. The molecule has 1 N–H and O–H groups in total. The van der Waals surface area contributed by atoms with Gasteiger partial charge >= 0.3 is 23.1 Å². The van der Waals surface area contributed by atoms with Crippen LogP contribution in [0.1, 0.15) is 0 Å². The molecule has 5 heteroatoms. The van der Waals surface area contributed by atoms with Crippen molar-refractivity contribution in [3.05, 3.63) is 0 Å². The summed E-state index contributed by atoms with van der Waals surface area (Å²) in [6, 6.07) is 0. The predicted molar refractivity (Wildman–Crippen MR) is 30.4 cm³/mol. The van der Waals surface area contributed by atoms with Gasteiger partial charge in [0.25, 0.3) is 0 Å². The molecule has 0 heterocycles. The number of hydrogen-bond acceptors (Lipinski definition) is 1. The van der Waals surface area contributed by atoms with E-state index in [-0.39, 0.29) is 78.6 Å². The van der Waals surface area contributed by atoms with Gasteiger partial charge in [-0.05, 0) is 11.0 Å². The fourth-order valence-corrected chi connectivity index (χ4v) is 0. The van der Waals surface area contributed by atoms with Gasteiger partial charge in [-0.2, -0.15) is 0 Å². The summed E-state index contributed by atoms with van der Waals surface area (Å²) in [5.41, 5.74) is 0. The summed E-state index contributed by atoms with van der Waals surface area (Å²) in [5, 5.41) is 0. The molecule has 0 unspecified atom stereocenters. The molecule has 0 aliphatic heterocycles. The molecular formula is H9AlMgOSiTi. The summed E-state index contributed by atoms with van der Waals surface area (Å²) in [6.45, 7) is 0. The van der Waals surface area contributed by atoms with E-state index in [2.05, 4.69) is 0 Å². The van der Waals surface area contributed by atoms with Gasteiger partial charge in [-0.25, -0.2) is 0 Å². The molecule has 0 spiro atoms. The van der Waals surface area contributed by atoms with Crippen LogP contribution in [0.2, 0.25) is 0 Å². The topological polar surface area (TPSA) is 30.0 Å². The van der Waals surface area contributed by atoms with Crippen molar-refractivity contribution in [2.75, 3.05) is 0 Å². The quantitative estimate of drug-likeness (QED) is 0.332. The van der Waals surface area contributed by atoms with Crippen molar-refractivity contribution in [2.24, 2.45) is 0 Å². The van der Waals surface area contributed by atoms with E-state index in [0.717, 1.165) is 0 Å². The molecule has 0 aromatic heterocycles. The predicted octanol–water partition coefficient (Wildman–Crippen LogP) is -3.46. The minimum absolute atomic E-state index is 0. The molecule has 1 nitrogen and oxygen atoms in total. The minimum atomic E-state index is 0. The van der Waals surface area contributed by atoms with Crippen LogP contribution in [0.15, 0.2) is 0 Å². The van der Waals surface area contributed by atoms with Gasteiger partial charge in [-0.15, -0.1) is 0 Å². The van der Waals surface area contributed by atoms with Gasteiger partial charge in [0, 0.05) is 21.7 Å². The summed E-state index contributed by atoms with van der Waals surface area (Å²) >= 11 is 0. The van der Waals surface area contributed by atoms with Gasteiger partial charge < -0.3 is 5.48 Å². The first kappa shape index (κ1) is 57.4. The van der Waals surface area contributed by atoms with Gasteiger partial charge in [0.15, 0.2) is 17.4 Å². The summed E-state index contributed by atoms with van der Waals surface area (Å²) in [7, 11) is 0. The Morgan fingerprint density at radius 1 is 1.00 bits per heavy atom. The Labute approximate surface area is 77.8 Å². The van der Waals surface area contributed by atoms with E-state index >= 15 is 0 Å². The molecule has 0 aromatic rings. The van der Waals surface area contributed by atoms with Crippen LogP contribution in [0.3, 0.4) is 0 Å². The van der Waals surface area contributed by atoms with Crippen molar-refractivity contribution in [3.8, 4) is 0 Å². The van der Waals surface area contributed by atoms with E-state index in [1.807, 2.05) is 0 Å². The van der Waals surface area contributed by atoms with E-state index in [1.165, 1.54) is 0 Å². The van der Waals surface area contributed by atoms with Crippen LogP contribution in [0, 0.1) is 0 Å². The molecule has 0 aliphatic rings. The number of rotatable bonds is 0. The molecule has 0 saturated heterocycles. The molecule has 0 aromatic carbocycles. The Morgan fingerprint density at radius 3 is 1.00 bits per heavy atom. The summed E-state index contributed by atoms with van der Waals surface area (Å²) in [5.74, 6) is 0. The van der Waals surface area contributed by atoms with Crippen LogP contribution < -0.4 is 0 Å². The molecule has 0 bridgehead atoms. The van der Waals surface area contributed by atoms with Crippen LogP contribution in [-0.4, -0.2) is 56.9 Å². The second kappa shape index (κ2) is 34.8. The maximum atomic E-state index is 0. The normalized spacial score (nSPS) is 0. The van der Waals surface area contributed by atoms with E-state index < -0.39 is 0 Å². The van der Waals surface area contributed by atoms with Gasteiger partial charge in [0.1, 0.15) is 0 Å². The molecule has 0 rings (SSSR count). The minimum Gasteiger partial charge on any atom is -0.870 e. The van der Waals surface area contributed by atoms with E-state index in [1.54, 1.807) is 0 Å². The first-order chi connectivity index (χ1) is 0. The van der Waals surface area contributed by atoms with Crippen LogP contribution >= 0.6 is 0 Å². The Hall–Kier alpha value is 2.19. The molecule has 0 amide bonds. The van der Waals surface area contributed by atoms with Gasteiger partial charge in [0.05, 0.1) is 0 Å². The Kier molecular flexibility index (Phi) is 399. The van der Waals surface area contributed by atoms with Crippen molar-refractivity contribution < 1.29 is 27.2 Å². The average molecular weight is 152 g/mol. The van der Waals surface area contributed by atoms with Gasteiger partial charge in [-0.3, -0.25) is 0 Å². The third kappa shape index (κ3) is 22.7. The first-order valence-corrected chi connectivity index (χ1v) is 0. The fourth-order valence-electron chi connectivity index (χ4n) is 0. The van der Waals surface area contributed by atoms with Crippen molar-refractivity contribution in [1.82, 2.24) is 0 Å². The second-order valence-corrected chi connectivity index (χ2v) is 0. The molecule has 0 radical (unpaired) electrons. The zero-order valence-corrected chi connectivity index (χ0v) is 5.51. The largest absolute Gasteiger partial charge is 0.870 e. The van der Waals surface area contributed by atoms with Gasteiger partial charge in [0.2, 0.25) is 0 Å². The smallest absolute Gasteiger partial charge is 0 e. The van der Waals surface area contributed by atoms with E-state index in [0.29, 0.717) is 0 Å². The molecular weight excluding hydrogens is 143 g/mol. The molecule has 28 valence electrons. The first-order valence-electron chi connectivity index (χ1n) is 0. The second-order valence-electron chi connectivity index (χ2n) is 0.